The van der Waals surface area contributed by atoms with Crippen LogP contribution in [0.4, 0.5) is 28.4 Å². The third-order valence-corrected chi connectivity index (χ3v) is 10.1. The number of fused-ring (bicyclic) bond motifs is 4. The van der Waals surface area contributed by atoms with E-state index in [1.54, 1.807) is 24.3 Å². The van der Waals surface area contributed by atoms with E-state index in [9.17, 15) is 20.2 Å². The number of hydrogen-bond acceptors (Lipinski definition) is 7. The van der Waals surface area contributed by atoms with Gasteiger partial charge in [0, 0.05) is 32.0 Å². The van der Waals surface area contributed by atoms with Crippen LogP contribution in [-0.2, 0) is 6.42 Å². The molecule has 6 aromatic carbocycles. The smallest absolute Gasteiger partial charge is 0.297 e. The van der Waals surface area contributed by atoms with Crippen molar-refractivity contribution in [1.82, 2.24) is 0 Å². The normalized spacial score (nSPS) is 11.7. The molecule has 0 unspecified atom stereocenters. The molecule has 0 fully saturated rings. The van der Waals surface area contributed by atoms with E-state index in [2.05, 4.69) is 47.8 Å². The first kappa shape index (κ1) is 33.8. The Kier molecular flexibility index (Phi) is 10.4. The number of rotatable bonds is 3. The average molecular weight is 846 g/mol. The fourth-order valence-electron chi connectivity index (χ4n) is 5.31. The quantitative estimate of drug-likeness (QED) is 0.129. The predicted octanol–water partition coefficient (Wildman–Crippen LogP) is 12.4. The molecular weight excluding hydrogens is 822 g/mol. The molecule has 9 nitrogen and oxygen atoms in total. The maximum absolute atomic E-state index is 11.6. The van der Waals surface area contributed by atoms with Crippen LogP contribution >= 0.6 is 47.8 Å². The van der Waals surface area contributed by atoms with Gasteiger partial charge in [-0.05, 0) is 108 Å². The van der Waals surface area contributed by atoms with E-state index < -0.39 is 0 Å². The van der Waals surface area contributed by atoms with E-state index in [1.165, 1.54) is 12.1 Å². The van der Waals surface area contributed by atoms with Crippen LogP contribution in [-0.4, -0.2) is 9.85 Å². The molecule has 0 saturated carbocycles. The van der Waals surface area contributed by atoms with Gasteiger partial charge >= 0.3 is 0 Å². The van der Waals surface area contributed by atoms with E-state index in [4.69, 9.17) is 9.47 Å². The molecular formula is C37H24Br3N3O6. The molecule has 0 N–H and O–H groups in total. The van der Waals surface area contributed by atoms with Crippen molar-refractivity contribution >= 4 is 76.2 Å². The zero-order valence-electron chi connectivity index (χ0n) is 25.3. The van der Waals surface area contributed by atoms with E-state index in [0.29, 0.717) is 34.9 Å². The third-order valence-electron chi connectivity index (χ3n) is 7.51. The number of nitrogens with zero attached hydrogens (tertiary/aromatic N) is 3. The molecule has 0 aliphatic carbocycles. The SMILES string of the molecule is Brc1ccccc1Br.O=[N+]([O-])c1cccc2c1Cc1ccccc1O2.O=[N+]([O-])c1cccc2c1N(c1ccccc1Br)c1ccccc1O2. The Labute approximate surface area is 306 Å². The molecule has 0 aromatic heterocycles. The number of para-hydroxylation sites is 5. The van der Waals surface area contributed by atoms with Crippen molar-refractivity contribution in [2.45, 2.75) is 6.42 Å². The molecule has 6 aromatic rings. The topological polar surface area (TPSA) is 108 Å². The van der Waals surface area contributed by atoms with Gasteiger partial charge in [-0.25, -0.2) is 0 Å². The lowest BCUT2D eigenvalue weighted by Gasteiger charge is -2.32. The van der Waals surface area contributed by atoms with E-state index >= 15 is 0 Å². The molecule has 0 saturated heterocycles. The van der Waals surface area contributed by atoms with Gasteiger partial charge in [0.2, 0.25) is 0 Å². The van der Waals surface area contributed by atoms with Gasteiger partial charge in [0.05, 0.1) is 26.8 Å². The van der Waals surface area contributed by atoms with Crippen LogP contribution in [0, 0.1) is 20.2 Å². The highest BCUT2D eigenvalue weighted by Gasteiger charge is 2.33. The Morgan fingerprint density at radius 3 is 1.63 bits per heavy atom. The summed E-state index contributed by atoms with van der Waals surface area (Å²) < 4.78 is 14.6. The van der Waals surface area contributed by atoms with Crippen LogP contribution in [0.25, 0.3) is 0 Å². The van der Waals surface area contributed by atoms with Crippen molar-refractivity contribution in [1.29, 1.82) is 0 Å². The molecule has 244 valence electrons. The van der Waals surface area contributed by atoms with Crippen LogP contribution in [0.3, 0.4) is 0 Å². The summed E-state index contributed by atoms with van der Waals surface area (Å²) in [5.41, 5.74) is 3.74. The molecule has 0 atom stereocenters. The maximum atomic E-state index is 11.6. The highest BCUT2D eigenvalue weighted by molar-refractivity contribution is 9.13. The first-order valence-electron chi connectivity index (χ1n) is 14.7. The number of nitro benzene ring substituents is 2. The Morgan fingerprint density at radius 2 is 1.00 bits per heavy atom. The van der Waals surface area contributed by atoms with Crippen LogP contribution in [0.2, 0.25) is 0 Å². The molecule has 0 amide bonds. The summed E-state index contributed by atoms with van der Waals surface area (Å²) in [6.07, 6.45) is 0.544. The minimum atomic E-state index is -0.389. The highest BCUT2D eigenvalue weighted by Crippen LogP contribution is 2.54. The fourth-order valence-corrected chi connectivity index (χ4v) is 6.34. The van der Waals surface area contributed by atoms with Gasteiger partial charge in [-0.1, -0.05) is 66.7 Å². The minimum Gasteiger partial charge on any atom is -0.457 e. The summed E-state index contributed by atoms with van der Waals surface area (Å²) in [6, 6.07) is 40.4. The van der Waals surface area contributed by atoms with Gasteiger partial charge in [-0.3, -0.25) is 25.1 Å². The molecule has 2 aliphatic heterocycles. The molecule has 2 aliphatic rings. The van der Waals surface area contributed by atoms with Gasteiger partial charge < -0.3 is 9.47 Å². The first-order chi connectivity index (χ1) is 23.7. The van der Waals surface area contributed by atoms with Crippen LogP contribution in [0.15, 0.2) is 147 Å². The Hall–Kier alpha value is -5.04. The van der Waals surface area contributed by atoms with Crippen molar-refractivity contribution in [3.63, 3.8) is 0 Å². The Balaban J connectivity index is 0.000000144. The van der Waals surface area contributed by atoms with Crippen molar-refractivity contribution in [3.8, 4) is 23.0 Å². The van der Waals surface area contributed by atoms with E-state index in [1.807, 2.05) is 102 Å². The van der Waals surface area contributed by atoms with Crippen LogP contribution in [0.5, 0.6) is 23.0 Å². The summed E-state index contributed by atoms with van der Waals surface area (Å²) >= 11 is 10.2. The van der Waals surface area contributed by atoms with E-state index in [-0.39, 0.29) is 21.2 Å². The lowest BCUT2D eigenvalue weighted by Crippen LogP contribution is -2.17. The van der Waals surface area contributed by atoms with Crippen molar-refractivity contribution in [3.05, 3.63) is 178 Å². The van der Waals surface area contributed by atoms with E-state index in [0.717, 1.165) is 36.1 Å². The molecule has 12 heteroatoms. The largest absolute Gasteiger partial charge is 0.457 e. The summed E-state index contributed by atoms with van der Waals surface area (Å²) in [4.78, 5) is 23.6. The minimum absolute atomic E-state index is 0.00208. The van der Waals surface area contributed by atoms with Crippen molar-refractivity contribution < 1.29 is 19.3 Å². The van der Waals surface area contributed by atoms with Gasteiger partial charge in [0.15, 0.2) is 17.2 Å². The zero-order chi connectivity index (χ0) is 34.5. The summed E-state index contributed by atoms with van der Waals surface area (Å²) in [6.45, 7) is 0. The Bertz CT molecular complexity index is 2160. The third kappa shape index (κ3) is 7.36. The molecule has 49 heavy (non-hydrogen) atoms. The second-order valence-corrected chi connectivity index (χ2v) is 13.1. The zero-order valence-corrected chi connectivity index (χ0v) is 30.1. The highest BCUT2D eigenvalue weighted by atomic mass is 79.9. The second-order valence-electron chi connectivity index (χ2n) is 10.5. The van der Waals surface area contributed by atoms with Gasteiger partial charge in [-0.2, -0.15) is 0 Å². The molecule has 0 bridgehead atoms. The van der Waals surface area contributed by atoms with Crippen molar-refractivity contribution in [2.24, 2.45) is 0 Å². The molecule has 0 radical (unpaired) electrons. The number of hydrogen-bond donors (Lipinski definition) is 0. The number of anilines is 3. The second kappa shape index (κ2) is 15.0. The van der Waals surface area contributed by atoms with Gasteiger partial charge in [0.1, 0.15) is 11.5 Å². The first-order valence-corrected chi connectivity index (χ1v) is 17.1. The molecule has 8 rings (SSSR count). The van der Waals surface area contributed by atoms with Crippen LogP contribution in [0.1, 0.15) is 11.1 Å². The number of ether oxygens (including phenoxy) is 2. The average Bonchev–Trinajstić information content (AvgIpc) is 3.11. The van der Waals surface area contributed by atoms with Gasteiger partial charge in [0.25, 0.3) is 11.4 Å². The fraction of sp³-hybridized carbons (Fsp3) is 0.0270. The number of halogens is 3. The molecule has 0 spiro atoms. The number of benzene rings is 6. The van der Waals surface area contributed by atoms with Crippen LogP contribution < -0.4 is 14.4 Å². The van der Waals surface area contributed by atoms with Gasteiger partial charge in [-0.15, -0.1) is 0 Å². The number of nitro groups is 2. The summed E-state index contributed by atoms with van der Waals surface area (Å²) in [5, 5.41) is 22.5. The lowest BCUT2D eigenvalue weighted by molar-refractivity contribution is -0.385. The molecule has 2 heterocycles. The monoisotopic (exact) mass is 843 g/mol. The summed E-state index contributed by atoms with van der Waals surface area (Å²) in [7, 11) is 0. The van der Waals surface area contributed by atoms with Crippen molar-refractivity contribution in [2.75, 3.05) is 4.90 Å². The standard InChI is InChI=1S/C18H11BrN2O3.C13H9NO3.C6H4Br2/c19-12-6-1-2-7-13(12)20-14-8-3-4-10-16(14)24-17-11-5-9-15(18(17)20)21(22)23;15-14(16)11-5-3-7-13-10(11)8-9-4-1-2-6-12(9)17-13;7-5-3-1-2-4-6(5)8/h1-11H;1-7H,8H2;1-4H. The predicted molar refractivity (Wildman–Crippen MR) is 200 cm³/mol. The summed E-state index contributed by atoms with van der Waals surface area (Å²) in [5.74, 6) is 2.47. The maximum Gasteiger partial charge on any atom is 0.297 e. The Morgan fingerprint density at radius 1 is 0.510 bits per heavy atom. The lowest BCUT2D eigenvalue weighted by atomic mass is 9.99.